The number of hydrogen-bond donors (Lipinski definition) is 2. The molecule has 0 spiro atoms. The Labute approximate surface area is 127 Å². The predicted molar refractivity (Wildman–Crippen MR) is 89.5 cm³/mol. The zero-order valence-electron chi connectivity index (χ0n) is 12.1. The molecule has 4 aromatic rings. The van der Waals surface area contributed by atoms with Gasteiger partial charge in [-0.25, -0.2) is 0 Å². The zero-order chi connectivity index (χ0) is 15.1. The van der Waals surface area contributed by atoms with E-state index in [1.165, 1.54) is 0 Å². The second kappa shape index (κ2) is 4.81. The summed E-state index contributed by atoms with van der Waals surface area (Å²) in [6.45, 7) is 0. The maximum absolute atomic E-state index is 10.4. The van der Waals surface area contributed by atoms with Gasteiger partial charge in [-0.15, -0.1) is 0 Å². The first-order valence-corrected chi connectivity index (χ1v) is 7.14. The van der Waals surface area contributed by atoms with Crippen LogP contribution in [0.25, 0.3) is 32.8 Å². The number of benzene rings is 3. The maximum atomic E-state index is 10.4. The Kier molecular flexibility index (Phi) is 2.79. The molecule has 0 saturated carbocycles. The minimum atomic E-state index is 0.269. The smallest absolute Gasteiger partial charge is 0.124 e. The molecule has 1 aromatic heterocycles. The van der Waals surface area contributed by atoms with E-state index < -0.39 is 0 Å². The van der Waals surface area contributed by atoms with E-state index in [1.54, 1.807) is 13.2 Å². The first kappa shape index (κ1) is 12.8. The Morgan fingerprint density at radius 1 is 0.955 bits per heavy atom. The van der Waals surface area contributed by atoms with E-state index >= 15 is 0 Å². The summed E-state index contributed by atoms with van der Waals surface area (Å²) >= 11 is 0. The normalized spacial score (nSPS) is 11.1. The molecule has 2 N–H and O–H groups in total. The molecule has 0 amide bonds. The fourth-order valence-electron chi connectivity index (χ4n) is 2.98. The SMILES string of the molecule is COc1ccc2ccc(O)c(-c3c[nH]c4ccccc34)c2c1. The topological polar surface area (TPSA) is 45.2 Å². The molecule has 0 aliphatic rings. The van der Waals surface area contributed by atoms with E-state index in [0.29, 0.717) is 0 Å². The molecule has 4 rings (SSSR count). The summed E-state index contributed by atoms with van der Waals surface area (Å²) in [7, 11) is 1.65. The monoisotopic (exact) mass is 289 g/mol. The van der Waals surface area contributed by atoms with Crippen LogP contribution < -0.4 is 4.74 Å². The number of fused-ring (bicyclic) bond motifs is 2. The van der Waals surface area contributed by atoms with Gasteiger partial charge in [0.2, 0.25) is 0 Å². The molecule has 0 aliphatic heterocycles. The van der Waals surface area contributed by atoms with Crippen LogP contribution in [-0.4, -0.2) is 17.2 Å². The van der Waals surface area contributed by atoms with Crippen LogP contribution in [0, 0.1) is 0 Å². The van der Waals surface area contributed by atoms with Crippen LogP contribution in [0.4, 0.5) is 0 Å². The summed E-state index contributed by atoms with van der Waals surface area (Å²) in [6, 6.07) is 17.6. The van der Waals surface area contributed by atoms with Gasteiger partial charge in [-0.1, -0.05) is 30.3 Å². The number of rotatable bonds is 2. The van der Waals surface area contributed by atoms with Crippen LogP contribution in [0.5, 0.6) is 11.5 Å². The van der Waals surface area contributed by atoms with Gasteiger partial charge < -0.3 is 14.8 Å². The average molecular weight is 289 g/mol. The molecule has 22 heavy (non-hydrogen) atoms. The molecule has 108 valence electrons. The van der Waals surface area contributed by atoms with E-state index in [-0.39, 0.29) is 5.75 Å². The number of phenolic OH excluding ortho intramolecular Hbond substituents is 1. The molecule has 0 aliphatic carbocycles. The highest BCUT2D eigenvalue weighted by Gasteiger charge is 2.14. The first-order chi connectivity index (χ1) is 10.8. The van der Waals surface area contributed by atoms with E-state index in [9.17, 15) is 5.11 Å². The van der Waals surface area contributed by atoms with Crippen LogP contribution in [0.3, 0.4) is 0 Å². The number of hydrogen-bond acceptors (Lipinski definition) is 2. The Bertz CT molecular complexity index is 985. The number of H-pyrrole nitrogens is 1. The van der Waals surface area contributed by atoms with Crippen molar-refractivity contribution in [1.82, 2.24) is 4.98 Å². The van der Waals surface area contributed by atoms with Crippen molar-refractivity contribution in [2.24, 2.45) is 0 Å². The number of aromatic nitrogens is 1. The van der Waals surface area contributed by atoms with E-state index in [0.717, 1.165) is 38.6 Å². The molecule has 3 aromatic carbocycles. The fraction of sp³-hybridized carbons (Fsp3) is 0.0526. The lowest BCUT2D eigenvalue weighted by Gasteiger charge is -2.10. The van der Waals surface area contributed by atoms with Crippen molar-refractivity contribution in [2.75, 3.05) is 7.11 Å². The number of aromatic hydroxyl groups is 1. The minimum Gasteiger partial charge on any atom is -0.507 e. The van der Waals surface area contributed by atoms with Crippen molar-refractivity contribution in [1.29, 1.82) is 0 Å². The number of phenols is 1. The van der Waals surface area contributed by atoms with Gasteiger partial charge in [-0.2, -0.15) is 0 Å². The Morgan fingerprint density at radius 3 is 2.64 bits per heavy atom. The summed E-state index contributed by atoms with van der Waals surface area (Å²) in [5.74, 6) is 1.05. The zero-order valence-corrected chi connectivity index (χ0v) is 12.1. The largest absolute Gasteiger partial charge is 0.507 e. The lowest BCUT2D eigenvalue weighted by atomic mass is 9.96. The Hall–Kier alpha value is -2.94. The third-order valence-electron chi connectivity index (χ3n) is 4.07. The summed E-state index contributed by atoms with van der Waals surface area (Å²) in [4.78, 5) is 3.26. The lowest BCUT2D eigenvalue weighted by molar-refractivity contribution is 0.415. The van der Waals surface area contributed by atoms with Crippen molar-refractivity contribution in [3.05, 3.63) is 60.8 Å². The first-order valence-electron chi connectivity index (χ1n) is 7.14. The highest BCUT2D eigenvalue weighted by molar-refractivity contribution is 6.07. The fourth-order valence-corrected chi connectivity index (χ4v) is 2.98. The minimum absolute atomic E-state index is 0.269. The van der Waals surface area contributed by atoms with Crippen molar-refractivity contribution in [3.63, 3.8) is 0 Å². The summed E-state index contributed by atoms with van der Waals surface area (Å²) in [5.41, 5.74) is 2.87. The second-order valence-corrected chi connectivity index (χ2v) is 5.29. The standard InChI is InChI=1S/C19H15NO2/c1-22-13-8-6-12-7-9-18(21)19(15(12)10-13)16-11-20-17-5-3-2-4-14(16)17/h2-11,20-21H,1H3. The van der Waals surface area contributed by atoms with Crippen molar-refractivity contribution < 1.29 is 9.84 Å². The maximum Gasteiger partial charge on any atom is 0.124 e. The van der Waals surface area contributed by atoms with Gasteiger partial charge in [0, 0.05) is 28.2 Å². The third kappa shape index (κ3) is 1.83. The molecule has 0 bridgehead atoms. The summed E-state index contributed by atoms with van der Waals surface area (Å²) < 4.78 is 5.33. The molecule has 1 heterocycles. The van der Waals surface area contributed by atoms with Gasteiger partial charge in [-0.3, -0.25) is 0 Å². The van der Waals surface area contributed by atoms with Crippen molar-refractivity contribution in [3.8, 4) is 22.6 Å². The Morgan fingerprint density at radius 2 is 1.77 bits per heavy atom. The molecule has 3 nitrogen and oxygen atoms in total. The summed E-state index contributed by atoms with van der Waals surface area (Å²) in [5, 5.41) is 13.6. The van der Waals surface area contributed by atoms with Gasteiger partial charge in [0.15, 0.2) is 0 Å². The van der Waals surface area contributed by atoms with Crippen LogP contribution >= 0.6 is 0 Å². The molecule has 3 heteroatoms. The highest BCUT2D eigenvalue weighted by atomic mass is 16.5. The third-order valence-corrected chi connectivity index (χ3v) is 4.07. The molecule has 0 fully saturated rings. The molecule has 0 atom stereocenters. The highest BCUT2D eigenvalue weighted by Crippen LogP contribution is 2.40. The quantitative estimate of drug-likeness (QED) is 0.561. The molecule has 0 unspecified atom stereocenters. The number of nitrogens with one attached hydrogen (secondary N) is 1. The van der Waals surface area contributed by atoms with Crippen LogP contribution in [-0.2, 0) is 0 Å². The van der Waals surface area contributed by atoms with Crippen LogP contribution in [0.2, 0.25) is 0 Å². The average Bonchev–Trinajstić information content (AvgIpc) is 2.98. The van der Waals surface area contributed by atoms with Gasteiger partial charge >= 0.3 is 0 Å². The molecule has 0 radical (unpaired) electrons. The second-order valence-electron chi connectivity index (χ2n) is 5.29. The van der Waals surface area contributed by atoms with Gasteiger partial charge in [0.25, 0.3) is 0 Å². The van der Waals surface area contributed by atoms with E-state index in [1.807, 2.05) is 48.7 Å². The Balaban J connectivity index is 2.11. The van der Waals surface area contributed by atoms with Crippen LogP contribution in [0.1, 0.15) is 0 Å². The van der Waals surface area contributed by atoms with Crippen molar-refractivity contribution >= 4 is 21.7 Å². The molecule has 0 saturated heterocycles. The molecular formula is C19H15NO2. The van der Waals surface area contributed by atoms with Crippen molar-refractivity contribution in [2.45, 2.75) is 0 Å². The van der Waals surface area contributed by atoms with Gasteiger partial charge in [-0.05, 0) is 35.0 Å². The number of para-hydroxylation sites is 1. The molecular weight excluding hydrogens is 274 g/mol. The summed E-state index contributed by atoms with van der Waals surface area (Å²) in [6.07, 6.45) is 1.94. The number of aromatic amines is 1. The van der Waals surface area contributed by atoms with Crippen LogP contribution in [0.15, 0.2) is 60.8 Å². The number of ether oxygens (including phenoxy) is 1. The van der Waals surface area contributed by atoms with Gasteiger partial charge in [0.05, 0.1) is 7.11 Å². The van der Waals surface area contributed by atoms with Gasteiger partial charge in [0.1, 0.15) is 11.5 Å². The number of methoxy groups -OCH3 is 1. The predicted octanol–water partition coefficient (Wildman–Crippen LogP) is 4.70. The van der Waals surface area contributed by atoms with E-state index in [4.69, 9.17) is 4.74 Å². The lowest BCUT2D eigenvalue weighted by Crippen LogP contribution is -1.86. The van der Waals surface area contributed by atoms with E-state index in [2.05, 4.69) is 11.1 Å².